The Balaban J connectivity index is 1.77. The van der Waals surface area contributed by atoms with Gasteiger partial charge >= 0.3 is 0 Å². The molecular weight excluding hydrogens is 314 g/mol. The molecule has 0 spiro atoms. The number of nitrogens with zero attached hydrogens (tertiary/aromatic N) is 3. The summed E-state index contributed by atoms with van der Waals surface area (Å²) >= 11 is 1.89. The maximum Gasteiger partial charge on any atom is 0.159 e. The molecule has 126 valence electrons. The Labute approximate surface area is 149 Å². The van der Waals surface area contributed by atoms with E-state index in [-0.39, 0.29) is 0 Å². The number of aliphatic imine (C=N–C) groups is 1. The van der Waals surface area contributed by atoms with Crippen LogP contribution in [0.4, 0.5) is 5.69 Å². The third-order valence-electron chi connectivity index (χ3n) is 4.09. The minimum absolute atomic E-state index is 0.897. The van der Waals surface area contributed by atoms with Gasteiger partial charge in [-0.1, -0.05) is 54.2 Å². The first kappa shape index (κ1) is 16.9. The van der Waals surface area contributed by atoms with E-state index in [0.29, 0.717) is 0 Å². The molecule has 1 aliphatic heterocycles. The van der Waals surface area contributed by atoms with Crippen molar-refractivity contribution in [3.63, 3.8) is 0 Å². The van der Waals surface area contributed by atoms with Gasteiger partial charge in [0.1, 0.15) is 0 Å². The van der Waals surface area contributed by atoms with E-state index in [9.17, 15) is 0 Å². The molecule has 3 nitrogen and oxygen atoms in total. The molecule has 0 amide bonds. The number of benzene rings is 2. The lowest BCUT2D eigenvalue weighted by atomic mass is 10.1. The molecule has 0 bridgehead atoms. The monoisotopic (exact) mass is 339 g/mol. The Kier molecular flexibility index (Phi) is 5.81. The van der Waals surface area contributed by atoms with Crippen LogP contribution < -0.4 is 4.90 Å². The molecule has 0 saturated carbocycles. The highest BCUT2D eigenvalue weighted by Crippen LogP contribution is 2.21. The second kappa shape index (κ2) is 8.25. The summed E-state index contributed by atoms with van der Waals surface area (Å²) < 4.78 is 0. The zero-order chi connectivity index (χ0) is 16.8. The van der Waals surface area contributed by atoms with Crippen LogP contribution in [0.1, 0.15) is 17.5 Å². The lowest BCUT2D eigenvalue weighted by molar-refractivity contribution is 0.412. The third kappa shape index (κ3) is 4.54. The summed E-state index contributed by atoms with van der Waals surface area (Å²) in [7, 11) is 4.15. The van der Waals surface area contributed by atoms with Crippen LogP contribution in [0, 0.1) is 0 Å². The summed E-state index contributed by atoms with van der Waals surface area (Å²) in [5, 5.41) is 1.18. The van der Waals surface area contributed by atoms with Crippen LogP contribution in [0.3, 0.4) is 0 Å². The third-order valence-corrected chi connectivity index (χ3v) is 5.23. The van der Waals surface area contributed by atoms with Crippen LogP contribution >= 0.6 is 11.8 Å². The van der Waals surface area contributed by atoms with Crippen LogP contribution in [0.5, 0.6) is 0 Å². The van der Waals surface area contributed by atoms with Crippen molar-refractivity contribution in [2.24, 2.45) is 4.99 Å². The number of anilines is 1. The number of amidine groups is 1. The summed E-state index contributed by atoms with van der Waals surface area (Å²) in [5.74, 6) is 1.17. The molecule has 0 saturated heterocycles. The van der Waals surface area contributed by atoms with Crippen molar-refractivity contribution >= 4 is 22.6 Å². The second-order valence-electron chi connectivity index (χ2n) is 6.27. The van der Waals surface area contributed by atoms with Gasteiger partial charge in [-0.05, 0) is 29.7 Å². The van der Waals surface area contributed by atoms with Gasteiger partial charge in [-0.2, -0.15) is 0 Å². The molecule has 2 aromatic rings. The van der Waals surface area contributed by atoms with Gasteiger partial charge in [-0.15, -0.1) is 0 Å². The number of thioether (sulfide) groups is 1. The average molecular weight is 340 g/mol. The minimum atomic E-state index is 0.897. The second-order valence-corrected chi connectivity index (χ2v) is 7.33. The molecule has 1 heterocycles. The van der Waals surface area contributed by atoms with Gasteiger partial charge in [0.25, 0.3) is 0 Å². The molecule has 3 rings (SSSR count). The maximum absolute atomic E-state index is 4.77. The maximum atomic E-state index is 4.77. The zero-order valence-electron chi connectivity index (χ0n) is 14.5. The fraction of sp³-hybridized carbons (Fsp3) is 0.350. The number of hydrogen-bond acceptors (Lipinski definition) is 4. The van der Waals surface area contributed by atoms with Gasteiger partial charge < -0.3 is 9.80 Å². The minimum Gasteiger partial charge on any atom is -0.378 e. The summed E-state index contributed by atoms with van der Waals surface area (Å²) in [6.07, 6.45) is 1.19. The summed E-state index contributed by atoms with van der Waals surface area (Å²) in [4.78, 5) is 9.30. The van der Waals surface area contributed by atoms with E-state index >= 15 is 0 Å². The molecule has 0 radical (unpaired) electrons. The molecule has 1 aliphatic rings. The standard InChI is InChI=1S/C20H25N3S/c1-22(2)19-11-9-18(10-12-19)16-23(20-21-13-6-14-24-20)15-17-7-4-3-5-8-17/h3-5,7-12H,6,13-16H2,1-2H3. The lowest BCUT2D eigenvalue weighted by Gasteiger charge is -2.28. The molecule has 4 heteroatoms. The average Bonchev–Trinajstić information content (AvgIpc) is 2.63. The van der Waals surface area contributed by atoms with E-state index in [1.165, 1.54) is 34.2 Å². The van der Waals surface area contributed by atoms with Crippen molar-refractivity contribution < 1.29 is 0 Å². The zero-order valence-corrected chi connectivity index (χ0v) is 15.3. The Morgan fingerprint density at radius 1 is 0.917 bits per heavy atom. The van der Waals surface area contributed by atoms with E-state index < -0.39 is 0 Å². The molecule has 24 heavy (non-hydrogen) atoms. The predicted molar refractivity (Wildman–Crippen MR) is 106 cm³/mol. The first-order chi connectivity index (χ1) is 11.7. The molecule has 0 unspecified atom stereocenters. The summed E-state index contributed by atoms with van der Waals surface area (Å²) in [5.41, 5.74) is 3.89. The molecule has 0 N–H and O–H groups in total. The molecule has 0 atom stereocenters. The van der Waals surface area contributed by atoms with E-state index in [4.69, 9.17) is 4.99 Å². The normalized spacial score (nSPS) is 14.2. The SMILES string of the molecule is CN(C)c1ccc(CN(Cc2ccccc2)C2=NCCCS2)cc1. The number of hydrogen-bond donors (Lipinski definition) is 0. The van der Waals surface area contributed by atoms with Crippen molar-refractivity contribution in [1.29, 1.82) is 0 Å². The van der Waals surface area contributed by atoms with Crippen molar-refractivity contribution in [3.8, 4) is 0 Å². The van der Waals surface area contributed by atoms with E-state index in [1.807, 2.05) is 11.8 Å². The van der Waals surface area contributed by atoms with Gasteiger partial charge in [0.2, 0.25) is 0 Å². The highest BCUT2D eigenvalue weighted by atomic mass is 32.2. The van der Waals surface area contributed by atoms with Crippen LogP contribution in [0.25, 0.3) is 0 Å². The first-order valence-corrected chi connectivity index (χ1v) is 9.43. The highest BCUT2D eigenvalue weighted by Gasteiger charge is 2.16. The smallest absolute Gasteiger partial charge is 0.159 e. The van der Waals surface area contributed by atoms with Gasteiger partial charge in [-0.25, -0.2) is 0 Å². The first-order valence-electron chi connectivity index (χ1n) is 8.45. The largest absolute Gasteiger partial charge is 0.378 e. The lowest BCUT2D eigenvalue weighted by Crippen LogP contribution is -2.30. The van der Waals surface area contributed by atoms with Gasteiger partial charge in [0, 0.05) is 45.2 Å². The molecule has 2 aromatic carbocycles. The van der Waals surface area contributed by atoms with Gasteiger partial charge in [-0.3, -0.25) is 4.99 Å². The summed E-state index contributed by atoms with van der Waals surface area (Å²) in [6, 6.07) is 19.5. The van der Waals surface area contributed by atoms with Crippen molar-refractivity contribution in [2.45, 2.75) is 19.5 Å². The van der Waals surface area contributed by atoms with Gasteiger partial charge in [0.15, 0.2) is 5.17 Å². The quantitative estimate of drug-likeness (QED) is 0.811. The van der Waals surface area contributed by atoms with E-state index in [2.05, 4.69) is 78.5 Å². The Morgan fingerprint density at radius 2 is 1.58 bits per heavy atom. The fourth-order valence-electron chi connectivity index (χ4n) is 2.75. The molecule has 0 aromatic heterocycles. The van der Waals surface area contributed by atoms with Crippen molar-refractivity contribution in [1.82, 2.24) is 4.90 Å². The fourth-order valence-corrected chi connectivity index (χ4v) is 3.70. The van der Waals surface area contributed by atoms with E-state index in [0.717, 1.165) is 19.6 Å². The molecular formula is C20H25N3S. The molecule has 0 aliphatic carbocycles. The Bertz CT molecular complexity index is 665. The van der Waals surface area contributed by atoms with E-state index in [1.54, 1.807) is 0 Å². The van der Waals surface area contributed by atoms with Crippen LogP contribution in [-0.2, 0) is 13.1 Å². The Hall–Kier alpha value is -1.94. The van der Waals surface area contributed by atoms with Crippen molar-refractivity contribution in [2.75, 3.05) is 31.3 Å². The van der Waals surface area contributed by atoms with Crippen molar-refractivity contribution in [3.05, 3.63) is 65.7 Å². The van der Waals surface area contributed by atoms with Crippen LogP contribution in [0.2, 0.25) is 0 Å². The Morgan fingerprint density at radius 3 is 2.17 bits per heavy atom. The predicted octanol–water partition coefficient (Wildman–Crippen LogP) is 4.25. The topological polar surface area (TPSA) is 18.8 Å². The van der Waals surface area contributed by atoms with Crippen LogP contribution in [0.15, 0.2) is 59.6 Å². The van der Waals surface area contributed by atoms with Crippen LogP contribution in [-0.4, -0.2) is 36.5 Å². The van der Waals surface area contributed by atoms with Gasteiger partial charge in [0.05, 0.1) is 0 Å². The summed E-state index contributed by atoms with van der Waals surface area (Å²) in [6.45, 7) is 2.75. The number of rotatable bonds is 5. The molecule has 0 fully saturated rings. The highest BCUT2D eigenvalue weighted by molar-refractivity contribution is 8.13.